The molecule has 5 nitrogen and oxygen atoms in total. The van der Waals surface area contributed by atoms with Gasteiger partial charge in [0.05, 0.1) is 4.47 Å². The molecular formula is C13H22BrN5. The first kappa shape index (κ1) is 14.7. The van der Waals surface area contributed by atoms with Crippen LogP contribution >= 0.6 is 15.9 Å². The van der Waals surface area contributed by atoms with Gasteiger partial charge >= 0.3 is 0 Å². The van der Waals surface area contributed by atoms with Gasteiger partial charge in [-0.05, 0) is 35.3 Å². The molecule has 2 heterocycles. The molecule has 1 atom stereocenters. The molecule has 2 N–H and O–H groups in total. The third kappa shape index (κ3) is 3.87. The molecule has 0 spiro atoms. The molecule has 6 heteroatoms. The van der Waals surface area contributed by atoms with Gasteiger partial charge in [0.1, 0.15) is 0 Å². The monoisotopic (exact) mass is 327 g/mol. The third-order valence-corrected chi connectivity index (χ3v) is 4.10. The van der Waals surface area contributed by atoms with Crippen molar-refractivity contribution in [3.8, 4) is 0 Å². The highest BCUT2D eigenvalue weighted by molar-refractivity contribution is 9.10. The van der Waals surface area contributed by atoms with Gasteiger partial charge in [-0.15, -0.1) is 0 Å². The predicted octanol–water partition coefficient (Wildman–Crippen LogP) is 1.49. The van der Waals surface area contributed by atoms with E-state index in [0.29, 0.717) is 6.04 Å². The number of halogens is 1. The summed E-state index contributed by atoms with van der Waals surface area (Å²) in [5, 5.41) is 0. The molecule has 19 heavy (non-hydrogen) atoms. The summed E-state index contributed by atoms with van der Waals surface area (Å²) in [6.07, 6.45) is 5.87. The number of nitrogens with zero attached hydrogens (tertiary/aromatic N) is 4. The Hall–Kier alpha value is -0.720. The zero-order valence-electron chi connectivity index (χ0n) is 11.4. The minimum absolute atomic E-state index is 0.623. The van der Waals surface area contributed by atoms with Crippen molar-refractivity contribution in [2.45, 2.75) is 25.8 Å². The average Bonchev–Trinajstić information content (AvgIpc) is 2.46. The second-order valence-electron chi connectivity index (χ2n) is 4.86. The van der Waals surface area contributed by atoms with Crippen LogP contribution in [-0.2, 0) is 0 Å². The topological polar surface area (TPSA) is 58.3 Å². The molecule has 1 aromatic rings. The van der Waals surface area contributed by atoms with Crippen LogP contribution in [0.15, 0.2) is 16.9 Å². The van der Waals surface area contributed by atoms with Crippen LogP contribution in [0.1, 0.15) is 19.8 Å². The van der Waals surface area contributed by atoms with Gasteiger partial charge in [-0.1, -0.05) is 6.92 Å². The maximum atomic E-state index is 5.68. The molecule has 1 fully saturated rings. The molecule has 0 aromatic carbocycles. The lowest BCUT2D eigenvalue weighted by molar-refractivity contribution is 0.172. The van der Waals surface area contributed by atoms with Crippen LogP contribution in [0.4, 0.5) is 5.95 Å². The zero-order valence-corrected chi connectivity index (χ0v) is 13.0. The van der Waals surface area contributed by atoms with Crippen LogP contribution < -0.4 is 10.6 Å². The van der Waals surface area contributed by atoms with E-state index in [9.17, 15) is 0 Å². The quantitative estimate of drug-likeness (QED) is 0.887. The van der Waals surface area contributed by atoms with Crippen molar-refractivity contribution in [2.24, 2.45) is 5.73 Å². The van der Waals surface area contributed by atoms with E-state index in [1.54, 1.807) is 12.4 Å². The molecule has 2 rings (SSSR count). The molecular weight excluding hydrogens is 306 g/mol. The van der Waals surface area contributed by atoms with Gasteiger partial charge in [0.15, 0.2) is 0 Å². The number of rotatable bonds is 5. The summed E-state index contributed by atoms with van der Waals surface area (Å²) in [4.78, 5) is 13.5. The largest absolute Gasteiger partial charge is 0.338 e. The molecule has 1 aliphatic rings. The number of aromatic nitrogens is 2. The van der Waals surface area contributed by atoms with E-state index in [1.807, 2.05) is 0 Å². The second-order valence-corrected chi connectivity index (χ2v) is 5.78. The van der Waals surface area contributed by atoms with Crippen LogP contribution in [-0.4, -0.2) is 53.6 Å². The van der Waals surface area contributed by atoms with Gasteiger partial charge in [-0.2, -0.15) is 0 Å². The Morgan fingerprint density at radius 1 is 1.26 bits per heavy atom. The Morgan fingerprint density at radius 3 is 2.42 bits per heavy atom. The summed E-state index contributed by atoms with van der Waals surface area (Å²) < 4.78 is 0.920. The first-order chi connectivity index (χ1) is 9.24. The molecule has 0 bridgehead atoms. The molecule has 1 unspecified atom stereocenters. The highest BCUT2D eigenvalue weighted by Crippen LogP contribution is 2.16. The lowest BCUT2D eigenvalue weighted by atomic mass is 10.1. The van der Waals surface area contributed by atoms with Gasteiger partial charge < -0.3 is 10.6 Å². The minimum atomic E-state index is 0.623. The molecule has 0 amide bonds. The first-order valence-corrected chi connectivity index (χ1v) is 7.70. The van der Waals surface area contributed by atoms with Crippen LogP contribution in [0.25, 0.3) is 0 Å². The van der Waals surface area contributed by atoms with Crippen LogP contribution in [0, 0.1) is 0 Å². The number of anilines is 1. The fourth-order valence-corrected chi connectivity index (χ4v) is 2.80. The fourth-order valence-electron chi connectivity index (χ4n) is 2.59. The van der Waals surface area contributed by atoms with Crippen molar-refractivity contribution >= 4 is 21.9 Å². The van der Waals surface area contributed by atoms with Crippen molar-refractivity contribution < 1.29 is 0 Å². The van der Waals surface area contributed by atoms with E-state index in [1.165, 1.54) is 6.42 Å². The van der Waals surface area contributed by atoms with E-state index in [2.05, 4.69) is 42.6 Å². The Balaban J connectivity index is 1.89. The van der Waals surface area contributed by atoms with Gasteiger partial charge in [0.25, 0.3) is 0 Å². The highest BCUT2D eigenvalue weighted by atomic mass is 79.9. The van der Waals surface area contributed by atoms with E-state index in [0.717, 1.165) is 49.6 Å². The molecule has 1 saturated heterocycles. The van der Waals surface area contributed by atoms with E-state index < -0.39 is 0 Å². The summed E-state index contributed by atoms with van der Waals surface area (Å²) in [7, 11) is 0. The van der Waals surface area contributed by atoms with Crippen molar-refractivity contribution in [3.63, 3.8) is 0 Å². The lowest BCUT2D eigenvalue weighted by Crippen LogP contribution is -2.51. The van der Waals surface area contributed by atoms with Crippen molar-refractivity contribution in [2.75, 3.05) is 37.6 Å². The third-order valence-electron chi connectivity index (χ3n) is 3.69. The minimum Gasteiger partial charge on any atom is -0.338 e. The van der Waals surface area contributed by atoms with Crippen molar-refractivity contribution in [3.05, 3.63) is 16.9 Å². The van der Waals surface area contributed by atoms with Crippen molar-refractivity contribution in [1.29, 1.82) is 0 Å². The Kier molecular flexibility index (Phi) is 5.54. The molecule has 106 valence electrons. The van der Waals surface area contributed by atoms with E-state index >= 15 is 0 Å². The summed E-state index contributed by atoms with van der Waals surface area (Å²) in [5.74, 6) is 0.828. The Bertz CT molecular complexity index is 375. The second kappa shape index (κ2) is 7.17. The Labute approximate surface area is 123 Å². The summed E-state index contributed by atoms with van der Waals surface area (Å²) >= 11 is 3.36. The smallest absolute Gasteiger partial charge is 0.225 e. The molecule has 1 aromatic heterocycles. The average molecular weight is 328 g/mol. The van der Waals surface area contributed by atoms with Crippen LogP contribution in [0.5, 0.6) is 0 Å². The number of nitrogens with two attached hydrogens (primary N) is 1. The number of piperazine rings is 1. The number of hydrogen-bond donors (Lipinski definition) is 1. The van der Waals surface area contributed by atoms with Crippen LogP contribution in [0.3, 0.4) is 0 Å². The summed E-state index contributed by atoms with van der Waals surface area (Å²) in [6, 6.07) is 0.623. The summed E-state index contributed by atoms with van der Waals surface area (Å²) in [6.45, 7) is 7.13. The first-order valence-electron chi connectivity index (χ1n) is 6.91. The van der Waals surface area contributed by atoms with Gasteiger partial charge in [0.2, 0.25) is 5.95 Å². The maximum Gasteiger partial charge on any atom is 0.225 e. The fraction of sp³-hybridized carbons (Fsp3) is 0.692. The number of hydrogen-bond acceptors (Lipinski definition) is 5. The van der Waals surface area contributed by atoms with Gasteiger partial charge in [0, 0.05) is 44.6 Å². The normalized spacial score (nSPS) is 18.6. The SMILES string of the molecule is CCC(CCN)N1CCN(c2ncc(Br)cn2)CC1. The van der Waals surface area contributed by atoms with Gasteiger partial charge in [-0.3, -0.25) is 4.90 Å². The molecule has 1 aliphatic heterocycles. The van der Waals surface area contributed by atoms with Crippen LogP contribution in [0.2, 0.25) is 0 Å². The van der Waals surface area contributed by atoms with Gasteiger partial charge in [-0.25, -0.2) is 9.97 Å². The lowest BCUT2D eigenvalue weighted by Gasteiger charge is -2.39. The maximum absolute atomic E-state index is 5.68. The Morgan fingerprint density at radius 2 is 1.89 bits per heavy atom. The van der Waals surface area contributed by atoms with E-state index in [4.69, 9.17) is 5.73 Å². The highest BCUT2D eigenvalue weighted by Gasteiger charge is 2.23. The van der Waals surface area contributed by atoms with Crippen molar-refractivity contribution in [1.82, 2.24) is 14.9 Å². The molecule has 0 saturated carbocycles. The summed E-state index contributed by atoms with van der Waals surface area (Å²) in [5.41, 5.74) is 5.68. The standard InChI is InChI=1S/C13H22BrN5/c1-2-12(3-4-15)18-5-7-19(8-6-18)13-16-9-11(14)10-17-13/h9-10,12H,2-8,15H2,1H3. The zero-order chi connectivity index (χ0) is 13.7. The molecule has 0 radical (unpaired) electrons. The molecule has 0 aliphatic carbocycles. The predicted molar refractivity (Wildman–Crippen MR) is 81.3 cm³/mol. The van der Waals surface area contributed by atoms with E-state index in [-0.39, 0.29) is 0 Å².